The van der Waals surface area contributed by atoms with Gasteiger partial charge in [0.2, 0.25) is 12.3 Å². The highest BCUT2D eigenvalue weighted by Gasteiger charge is 2.22. The lowest BCUT2D eigenvalue weighted by molar-refractivity contribution is -0.138. The lowest BCUT2D eigenvalue weighted by Crippen LogP contribution is -2.36. The highest BCUT2D eigenvalue weighted by molar-refractivity contribution is 5.84. The predicted octanol–water partition coefficient (Wildman–Crippen LogP) is 1.18. The van der Waals surface area contributed by atoms with Gasteiger partial charge in [-0.3, -0.25) is 14.5 Å². The first-order chi connectivity index (χ1) is 6.82. The van der Waals surface area contributed by atoms with Crippen LogP contribution in [0.3, 0.4) is 0 Å². The molecular weight excluding hydrogens is 194 g/mol. The van der Waals surface area contributed by atoms with Crippen LogP contribution in [0.2, 0.25) is 0 Å². The molecule has 0 fully saturated rings. The Bertz CT molecular complexity index is 226. The Morgan fingerprint density at radius 2 is 2.07 bits per heavy atom. The largest absolute Gasteiger partial charge is 0.391 e. The molecule has 1 N–H and O–H groups in total. The predicted molar refractivity (Wildman–Crippen MR) is 58.1 cm³/mol. The first-order valence-electron chi connectivity index (χ1n) is 5.23. The van der Waals surface area contributed by atoms with Crippen LogP contribution >= 0.6 is 0 Å². The quantitative estimate of drug-likeness (QED) is 0.677. The molecular formula is C11H21NO3. The van der Waals surface area contributed by atoms with Crippen LogP contribution in [0.1, 0.15) is 40.5 Å². The number of carbonyl (C=O) groups excluding carboxylic acids is 2. The van der Waals surface area contributed by atoms with E-state index in [9.17, 15) is 14.7 Å². The van der Waals surface area contributed by atoms with Crippen molar-refractivity contribution in [2.24, 2.45) is 5.41 Å². The minimum atomic E-state index is -0.644. The van der Waals surface area contributed by atoms with E-state index in [0.29, 0.717) is 12.8 Å². The van der Waals surface area contributed by atoms with E-state index in [2.05, 4.69) is 20.8 Å². The van der Waals surface area contributed by atoms with Crippen LogP contribution in [0.25, 0.3) is 0 Å². The Labute approximate surface area is 91.3 Å². The number of hydrogen-bond acceptors (Lipinski definition) is 3. The minimum absolute atomic E-state index is 0.0325. The molecule has 88 valence electrons. The van der Waals surface area contributed by atoms with Crippen molar-refractivity contribution in [3.05, 3.63) is 0 Å². The van der Waals surface area contributed by atoms with Gasteiger partial charge in [0.15, 0.2) is 0 Å². The maximum atomic E-state index is 10.9. The van der Waals surface area contributed by atoms with Gasteiger partial charge in [0.25, 0.3) is 0 Å². The summed E-state index contributed by atoms with van der Waals surface area (Å²) in [6.45, 7) is 7.55. The lowest BCUT2D eigenvalue weighted by atomic mass is 9.84. The summed E-state index contributed by atoms with van der Waals surface area (Å²) >= 11 is 0. The molecule has 0 aromatic heterocycles. The monoisotopic (exact) mass is 215 g/mol. The number of amides is 2. The summed E-state index contributed by atoms with van der Waals surface area (Å²) in [5.41, 5.74) is 0.0325. The maximum Gasteiger partial charge on any atom is 0.225 e. The third-order valence-electron chi connectivity index (χ3n) is 2.68. The molecule has 4 nitrogen and oxygen atoms in total. The highest BCUT2D eigenvalue weighted by atomic mass is 16.3. The molecule has 0 saturated carbocycles. The van der Waals surface area contributed by atoms with Crippen molar-refractivity contribution in [3.8, 4) is 0 Å². The van der Waals surface area contributed by atoms with Crippen molar-refractivity contribution in [2.45, 2.75) is 46.6 Å². The minimum Gasteiger partial charge on any atom is -0.391 e. The van der Waals surface area contributed by atoms with Crippen molar-refractivity contribution < 1.29 is 14.7 Å². The summed E-state index contributed by atoms with van der Waals surface area (Å²) in [5.74, 6) is -0.335. The average Bonchev–Trinajstić information content (AvgIpc) is 2.13. The van der Waals surface area contributed by atoms with E-state index >= 15 is 0 Å². The van der Waals surface area contributed by atoms with Gasteiger partial charge in [-0.15, -0.1) is 0 Å². The van der Waals surface area contributed by atoms with Gasteiger partial charge in [-0.1, -0.05) is 27.2 Å². The number of rotatable bonds is 6. The Hall–Kier alpha value is -0.900. The average molecular weight is 215 g/mol. The second-order valence-corrected chi connectivity index (χ2v) is 4.65. The smallest absolute Gasteiger partial charge is 0.225 e. The van der Waals surface area contributed by atoms with Gasteiger partial charge in [0, 0.05) is 6.92 Å². The first kappa shape index (κ1) is 14.1. The molecule has 0 aliphatic rings. The topological polar surface area (TPSA) is 57.6 Å². The Morgan fingerprint density at radius 3 is 2.40 bits per heavy atom. The van der Waals surface area contributed by atoms with E-state index in [1.54, 1.807) is 0 Å². The zero-order valence-electron chi connectivity index (χ0n) is 9.99. The van der Waals surface area contributed by atoms with Gasteiger partial charge in [-0.25, -0.2) is 0 Å². The molecule has 0 aromatic carbocycles. The molecule has 0 aliphatic carbocycles. The second-order valence-electron chi connectivity index (χ2n) is 4.65. The van der Waals surface area contributed by atoms with Crippen LogP contribution in [0, 0.1) is 5.41 Å². The van der Waals surface area contributed by atoms with Crippen LogP contribution < -0.4 is 0 Å². The number of imide groups is 1. The molecule has 15 heavy (non-hydrogen) atoms. The van der Waals surface area contributed by atoms with Crippen LogP contribution in [-0.2, 0) is 9.59 Å². The Balaban J connectivity index is 4.18. The van der Waals surface area contributed by atoms with Crippen molar-refractivity contribution in [1.82, 2.24) is 4.90 Å². The summed E-state index contributed by atoms with van der Waals surface area (Å²) in [6.07, 6.45) is 1.35. The molecule has 0 bridgehead atoms. The molecule has 1 atom stereocenters. The van der Waals surface area contributed by atoms with E-state index < -0.39 is 6.10 Å². The van der Waals surface area contributed by atoms with E-state index in [-0.39, 0.29) is 17.9 Å². The van der Waals surface area contributed by atoms with Gasteiger partial charge in [-0.2, -0.15) is 0 Å². The third kappa shape index (κ3) is 5.52. The van der Waals surface area contributed by atoms with Crippen molar-refractivity contribution >= 4 is 12.3 Å². The van der Waals surface area contributed by atoms with Crippen molar-refractivity contribution in [3.63, 3.8) is 0 Å². The molecule has 1 unspecified atom stereocenters. The van der Waals surface area contributed by atoms with E-state index in [1.807, 2.05) is 0 Å². The number of nitrogens with zero attached hydrogens (tertiary/aromatic N) is 1. The van der Waals surface area contributed by atoms with Gasteiger partial charge in [-0.05, 0) is 11.8 Å². The Morgan fingerprint density at radius 1 is 1.53 bits per heavy atom. The molecule has 0 rings (SSSR count). The normalized spacial score (nSPS) is 13.4. The number of carbonyl (C=O) groups is 2. The summed E-state index contributed by atoms with van der Waals surface area (Å²) in [7, 11) is 0. The van der Waals surface area contributed by atoms with E-state index in [1.165, 1.54) is 6.92 Å². The second kappa shape index (κ2) is 5.85. The fourth-order valence-electron chi connectivity index (χ4n) is 1.32. The van der Waals surface area contributed by atoms with Gasteiger partial charge in [0.05, 0.1) is 12.6 Å². The highest BCUT2D eigenvalue weighted by Crippen LogP contribution is 2.26. The summed E-state index contributed by atoms with van der Waals surface area (Å²) in [6, 6.07) is 0. The standard InChI is InChI=1S/C11H21NO3/c1-5-11(3,4)6-10(15)7-12(8-13)9(2)14/h8,10,15H,5-7H2,1-4H3. The molecule has 0 aliphatic heterocycles. The van der Waals surface area contributed by atoms with Crippen molar-refractivity contribution in [2.75, 3.05) is 6.54 Å². The number of aliphatic hydroxyl groups excluding tert-OH is 1. The van der Waals surface area contributed by atoms with E-state index in [4.69, 9.17) is 0 Å². The van der Waals surface area contributed by atoms with Crippen LogP contribution in [0.5, 0.6) is 0 Å². The van der Waals surface area contributed by atoms with Gasteiger partial charge >= 0.3 is 0 Å². The lowest BCUT2D eigenvalue weighted by Gasteiger charge is -2.27. The molecule has 0 radical (unpaired) electrons. The Kier molecular flexibility index (Phi) is 5.50. The van der Waals surface area contributed by atoms with Crippen LogP contribution in [0.15, 0.2) is 0 Å². The maximum absolute atomic E-state index is 10.9. The van der Waals surface area contributed by atoms with Crippen molar-refractivity contribution in [1.29, 1.82) is 0 Å². The zero-order chi connectivity index (χ0) is 12.1. The fraction of sp³-hybridized carbons (Fsp3) is 0.818. The molecule has 2 amide bonds. The van der Waals surface area contributed by atoms with Crippen LogP contribution in [0.4, 0.5) is 0 Å². The fourth-order valence-corrected chi connectivity index (χ4v) is 1.32. The van der Waals surface area contributed by atoms with Crippen LogP contribution in [-0.4, -0.2) is 35.0 Å². The SMILES string of the molecule is CCC(C)(C)CC(O)CN(C=O)C(C)=O. The molecule has 4 heteroatoms. The first-order valence-corrected chi connectivity index (χ1v) is 5.23. The molecule has 0 aromatic rings. The molecule has 0 saturated heterocycles. The summed E-state index contributed by atoms with van der Waals surface area (Å²) in [4.78, 5) is 22.4. The third-order valence-corrected chi connectivity index (χ3v) is 2.68. The molecule has 0 heterocycles. The number of aliphatic hydroxyl groups is 1. The van der Waals surface area contributed by atoms with Gasteiger partial charge < -0.3 is 5.11 Å². The van der Waals surface area contributed by atoms with E-state index in [0.717, 1.165) is 11.3 Å². The number of hydrogen-bond donors (Lipinski definition) is 1. The zero-order valence-corrected chi connectivity index (χ0v) is 9.99. The molecule has 0 spiro atoms. The van der Waals surface area contributed by atoms with Gasteiger partial charge in [0.1, 0.15) is 0 Å². The summed E-state index contributed by atoms with van der Waals surface area (Å²) < 4.78 is 0. The summed E-state index contributed by atoms with van der Waals surface area (Å²) in [5, 5.41) is 9.71.